The molecule has 0 heterocycles. The summed E-state index contributed by atoms with van der Waals surface area (Å²) in [6.45, 7) is 0. The van der Waals surface area contributed by atoms with Crippen LogP contribution in [0.1, 0.15) is 10.4 Å². The van der Waals surface area contributed by atoms with E-state index in [-0.39, 0.29) is 5.78 Å². The lowest BCUT2D eigenvalue weighted by Gasteiger charge is -2.04. The monoisotopic (exact) mass is 312 g/mol. The molecule has 0 amide bonds. The molecule has 1 unspecified atom stereocenters. The van der Waals surface area contributed by atoms with E-state index in [1.165, 1.54) is 0 Å². The summed E-state index contributed by atoms with van der Waals surface area (Å²) >= 11 is 11.0. The Labute approximate surface area is 123 Å². The second-order valence-corrected chi connectivity index (χ2v) is 6.35. The minimum absolute atomic E-state index is 0.361. The van der Waals surface area contributed by atoms with E-state index < -0.39 is 15.6 Å². The average Bonchev–Trinajstić information content (AvgIpc) is 2.46. The van der Waals surface area contributed by atoms with Crippen LogP contribution in [0.4, 0.5) is 0 Å². The molecular formula is C14H10Cl2O2S. The zero-order valence-electron chi connectivity index (χ0n) is 9.75. The molecule has 19 heavy (non-hydrogen) atoms. The molecule has 5 heteroatoms. The van der Waals surface area contributed by atoms with Crippen LogP contribution in [0.2, 0.25) is 0 Å². The van der Waals surface area contributed by atoms with E-state index in [1.807, 2.05) is 18.2 Å². The van der Waals surface area contributed by atoms with Gasteiger partial charge >= 0.3 is 0 Å². The van der Waals surface area contributed by atoms with Gasteiger partial charge in [0.25, 0.3) is 0 Å². The van der Waals surface area contributed by atoms with Gasteiger partial charge in [0.05, 0.1) is 10.8 Å². The van der Waals surface area contributed by atoms with Crippen LogP contribution in [-0.4, -0.2) is 14.8 Å². The summed E-state index contributed by atoms with van der Waals surface area (Å²) in [7, 11) is -1.26. The highest BCUT2D eigenvalue weighted by atomic mass is 35.5. The number of carbonyl (C=O) groups is 1. The van der Waals surface area contributed by atoms with Gasteiger partial charge in [-0.05, 0) is 24.3 Å². The minimum atomic E-state index is -1.26. The van der Waals surface area contributed by atoms with Crippen LogP contribution in [-0.2, 0) is 10.8 Å². The number of alkyl halides is 2. The smallest absolute Gasteiger partial charge is 0.195 e. The maximum Gasteiger partial charge on any atom is 0.195 e. The molecule has 0 spiro atoms. The molecule has 2 rings (SSSR count). The van der Waals surface area contributed by atoms with Crippen LogP contribution in [0.25, 0.3) is 0 Å². The van der Waals surface area contributed by atoms with Gasteiger partial charge in [-0.25, -0.2) is 4.21 Å². The SMILES string of the molecule is O=C(c1ccc(S(=O)c2ccccc2)cc1)C(Cl)Cl. The van der Waals surface area contributed by atoms with Gasteiger partial charge in [-0.2, -0.15) is 0 Å². The maximum absolute atomic E-state index is 12.2. The Morgan fingerprint density at radius 2 is 1.42 bits per heavy atom. The van der Waals surface area contributed by atoms with Crippen molar-refractivity contribution in [2.45, 2.75) is 14.6 Å². The summed E-state index contributed by atoms with van der Waals surface area (Å²) in [4.78, 5) is 11.8. The van der Waals surface area contributed by atoms with Crippen LogP contribution >= 0.6 is 23.2 Å². The summed E-state index contributed by atoms with van der Waals surface area (Å²) in [6, 6.07) is 15.6. The number of benzene rings is 2. The summed E-state index contributed by atoms with van der Waals surface area (Å²) in [5, 5.41) is 0. The molecule has 2 aromatic carbocycles. The van der Waals surface area contributed by atoms with Crippen molar-refractivity contribution in [1.82, 2.24) is 0 Å². The molecule has 0 aliphatic rings. The largest absolute Gasteiger partial charge is 0.291 e. The number of rotatable bonds is 4. The maximum atomic E-state index is 12.2. The third-order valence-electron chi connectivity index (χ3n) is 2.51. The Bertz CT molecular complexity index is 595. The molecule has 0 aliphatic heterocycles. The van der Waals surface area contributed by atoms with Crippen LogP contribution in [0.3, 0.4) is 0 Å². The molecule has 0 aromatic heterocycles. The molecule has 0 fully saturated rings. The highest BCUT2D eigenvalue weighted by Crippen LogP contribution is 2.18. The Morgan fingerprint density at radius 1 is 0.895 bits per heavy atom. The van der Waals surface area contributed by atoms with Crippen molar-refractivity contribution in [3.05, 3.63) is 60.2 Å². The van der Waals surface area contributed by atoms with Gasteiger partial charge in [0.15, 0.2) is 10.6 Å². The predicted octanol–water partition coefficient (Wildman–Crippen LogP) is 3.84. The molecule has 0 saturated heterocycles. The number of ketones is 1. The van der Waals surface area contributed by atoms with E-state index in [4.69, 9.17) is 23.2 Å². The fraction of sp³-hybridized carbons (Fsp3) is 0.0714. The summed E-state index contributed by atoms with van der Waals surface area (Å²) in [5.74, 6) is -0.361. The molecule has 0 bridgehead atoms. The first kappa shape index (κ1) is 14.3. The number of hydrogen-bond donors (Lipinski definition) is 0. The molecule has 98 valence electrons. The van der Waals surface area contributed by atoms with Crippen molar-refractivity contribution in [3.63, 3.8) is 0 Å². The normalized spacial score (nSPS) is 12.4. The van der Waals surface area contributed by atoms with E-state index in [0.29, 0.717) is 15.4 Å². The Hall–Kier alpha value is -1.16. The zero-order valence-corrected chi connectivity index (χ0v) is 12.1. The number of Topliss-reactive ketones (excluding diaryl/α,β-unsaturated/α-hetero) is 1. The summed E-state index contributed by atoms with van der Waals surface area (Å²) in [5.41, 5.74) is 0.406. The topological polar surface area (TPSA) is 34.1 Å². The van der Waals surface area contributed by atoms with Crippen molar-refractivity contribution in [2.24, 2.45) is 0 Å². The van der Waals surface area contributed by atoms with E-state index >= 15 is 0 Å². The quantitative estimate of drug-likeness (QED) is 0.635. The van der Waals surface area contributed by atoms with Crippen LogP contribution in [0.5, 0.6) is 0 Å². The van der Waals surface area contributed by atoms with Crippen molar-refractivity contribution in [2.75, 3.05) is 0 Å². The van der Waals surface area contributed by atoms with Crippen molar-refractivity contribution < 1.29 is 9.00 Å². The van der Waals surface area contributed by atoms with Crippen LogP contribution in [0.15, 0.2) is 64.4 Å². The average molecular weight is 313 g/mol. The second-order valence-electron chi connectivity index (χ2n) is 3.77. The first-order valence-corrected chi connectivity index (χ1v) is 7.51. The third-order valence-corrected chi connectivity index (χ3v) is 4.31. The van der Waals surface area contributed by atoms with E-state index in [0.717, 1.165) is 0 Å². The van der Waals surface area contributed by atoms with Gasteiger partial charge in [0.2, 0.25) is 0 Å². The summed E-state index contributed by atoms with van der Waals surface area (Å²) in [6.07, 6.45) is 0. The molecule has 2 aromatic rings. The third kappa shape index (κ3) is 3.44. The molecule has 0 saturated carbocycles. The van der Waals surface area contributed by atoms with Gasteiger partial charge in [0.1, 0.15) is 0 Å². The predicted molar refractivity (Wildman–Crippen MR) is 77.4 cm³/mol. The molecule has 0 aliphatic carbocycles. The lowest BCUT2D eigenvalue weighted by molar-refractivity contribution is 0.101. The molecule has 2 nitrogen and oxygen atoms in total. The van der Waals surface area contributed by atoms with Gasteiger partial charge in [0, 0.05) is 15.4 Å². The molecule has 1 atom stereocenters. The first-order valence-electron chi connectivity index (χ1n) is 5.49. The van der Waals surface area contributed by atoms with Crippen molar-refractivity contribution >= 4 is 39.8 Å². The minimum Gasteiger partial charge on any atom is -0.291 e. The van der Waals surface area contributed by atoms with E-state index in [2.05, 4.69) is 0 Å². The number of hydrogen-bond acceptors (Lipinski definition) is 2. The van der Waals surface area contributed by atoms with Crippen LogP contribution < -0.4 is 0 Å². The Balaban J connectivity index is 2.24. The van der Waals surface area contributed by atoms with Crippen molar-refractivity contribution in [1.29, 1.82) is 0 Å². The number of halogens is 2. The molecular weight excluding hydrogens is 303 g/mol. The highest BCUT2D eigenvalue weighted by molar-refractivity contribution is 7.85. The Kier molecular flexibility index (Phi) is 4.75. The lowest BCUT2D eigenvalue weighted by Crippen LogP contribution is -2.07. The highest BCUT2D eigenvalue weighted by Gasteiger charge is 2.14. The lowest BCUT2D eigenvalue weighted by atomic mass is 10.1. The summed E-state index contributed by atoms with van der Waals surface area (Å²) < 4.78 is 12.2. The van der Waals surface area contributed by atoms with Crippen molar-refractivity contribution in [3.8, 4) is 0 Å². The second kappa shape index (κ2) is 6.33. The molecule has 0 radical (unpaired) electrons. The van der Waals surface area contributed by atoms with Crippen LogP contribution in [0, 0.1) is 0 Å². The fourth-order valence-electron chi connectivity index (χ4n) is 1.55. The zero-order chi connectivity index (χ0) is 13.8. The number of carbonyl (C=O) groups excluding carboxylic acids is 1. The Morgan fingerprint density at radius 3 is 1.95 bits per heavy atom. The van der Waals surface area contributed by atoms with Gasteiger partial charge in [-0.3, -0.25) is 4.79 Å². The molecule has 0 N–H and O–H groups in total. The fourth-order valence-corrected chi connectivity index (χ4v) is 2.86. The van der Waals surface area contributed by atoms with Gasteiger partial charge in [-0.15, -0.1) is 0 Å². The van der Waals surface area contributed by atoms with E-state index in [9.17, 15) is 9.00 Å². The first-order chi connectivity index (χ1) is 9.09. The van der Waals surface area contributed by atoms with Gasteiger partial charge < -0.3 is 0 Å². The van der Waals surface area contributed by atoms with E-state index in [1.54, 1.807) is 36.4 Å². The van der Waals surface area contributed by atoms with Gasteiger partial charge in [-0.1, -0.05) is 53.5 Å². The standard InChI is InChI=1S/C14H10Cl2O2S/c15-14(16)13(17)10-6-8-12(9-7-10)19(18)11-4-2-1-3-5-11/h1-9,14H.